The smallest absolute Gasteiger partial charge is 0.293 e. The summed E-state index contributed by atoms with van der Waals surface area (Å²) in [6, 6.07) is 0. The first-order valence-corrected chi connectivity index (χ1v) is 4.21. The molecule has 0 aliphatic rings. The highest BCUT2D eigenvalue weighted by Crippen LogP contribution is 2.00. The van der Waals surface area contributed by atoms with Crippen molar-refractivity contribution < 1.29 is 9.53 Å². The highest BCUT2D eigenvalue weighted by Gasteiger charge is 1.96. The lowest BCUT2D eigenvalue weighted by molar-refractivity contribution is -0.128. The van der Waals surface area contributed by atoms with Gasteiger partial charge in [-0.3, -0.25) is 4.79 Å². The predicted octanol–water partition coefficient (Wildman–Crippen LogP) is 0.0855. The maximum absolute atomic E-state index is 9.77. The molecule has 72 valence electrons. The molecule has 0 atom stereocenters. The van der Waals surface area contributed by atoms with Gasteiger partial charge in [0.25, 0.3) is 6.47 Å². The topological polar surface area (TPSA) is 80.8 Å². The quantitative estimate of drug-likeness (QED) is 0.479. The molecule has 0 aliphatic heterocycles. The Morgan fingerprint density at radius 3 is 3.00 bits per heavy atom. The number of rotatable bonds is 7. The minimum Gasteiger partial charge on any atom is -0.468 e. The first kappa shape index (κ1) is 9.63. The Morgan fingerprint density at radius 2 is 2.31 bits per heavy atom. The average molecular weight is 184 g/mol. The van der Waals surface area contributed by atoms with Gasteiger partial charge in [-0.05, 0) is 29.7 Å². The number of nitrogens with zero attached hydrogens (tertiary/aromatic N) is 3. The molecular weight excluding hydrogens is 172 g/mol. The number of aryl methyl sites for hydroxylation is 1. The first-order chi connectivity index (χ1) is 6.43. The number of carbonyl (C=O) groups excluding carboxylic acids is 1. The summed E-state index contributed by atoms with van der Waals surface area (Å²) in [5.41, 5.74) is 0. The van der Waals surface area contributed by atoms with Crippen molar-refractivity contribution in [2.75, 3.05) is 6.61 Å². The highest BCUT2D eigenvalue weighted by molar-refractivity contribution is 5.36. The van der Waals surface area contributed by atoms with E-state index in [2.05, 4.69) is 25.4 Å². The van der Waals surface area contributed by atoms with Gasteiger partial charge in [0.05, 0.1) is 6.61 Å². The SMILES string of the molecule is O=COCCCCCc1nnn[nH]1. The van der Waals surface area contributed by atoms with Crippen LogP contribution < -0.4 is 0 Å². The fourth-order valence-electron chi connectivity index (χ4n) is 0.987. The minimum atomic E-state index is 0.473. The maximum Gasteiger partial charge on any atom is 0.293 e. The molecule has 0 aromatic carbocycles. The average Bonchev–Trinajstić information content (AvgIpc) is 2.63. The van der Waals surface area contributed by atoms with Gasteiger partial charge in [-0.15, -0.1) is 5.10 Å². The Labute approximate surface area is 75.7 Å². The zero-order valence-corrected chi connectivity index (χ0v) is 7.27. The third-order valence-corrected chi connectivity index (χ3v) is 1.63. The monoisotopic (exact) mass is 184 g/mol. The number of tetrazole rings is 1. The summed E-state index contributed by atoms with van der Waals surface area (Å²) in [5.74, 6) is 0.802. The van der Waals surface area contributed by atoms with Crippen molar-refractivity contribution in [3.8, 4) is 0 Å². The van der Waals surface area contributed by atoms with Crippen LogP contribution in [0.25, 0.3) is 0 Å². The van der Waals surface area contributed by atoms with Gasteiger partial charge in [-0.2, -0.15) is 0 Å². The van der Waals surface area contributed by atoms with Crippen molar-refractivity contribution >= 4 is 6.47 Å². The van der Waals surface area contributed by atoms with E-state index < -0.39 is 0 Å². The van der Waals surface area contributed by atoms with Gasteiger partial charge < -0.3 is 4.74 Å². The molecule has 13 heavy (non-hydrogen) atoms. The van der Waals surface area contributed by atoms with Crippen molar-refractivity contribution in [2.24, 2.45) is 0 Å². The summed E-state index contributed by atoms with van der Waals surface area (Å²) >= 11 is 0. The molecule has 0 unspecified atom stereocenters. The lowest BCUT2D eigenvalue weighted by Crippen LogP contribution is -1.93. The van der Waals surface area contributed by atoms with E-state index in [1.54, 1.807) is 0 Å². The van der Waals surface area contributed by atoms with Crippen LogP contribution in [0.1, 0.15) is 25.1 Å². The molecule has 0 spiro atoms. The summed E-state index contributed by atoms with van der Waals surface area (Å²) in [5, 5.41) is 13.3. The van der Waals surface area contributed by atoms with Crippen molar-refractivity contribution in [3.05, 3.63) is 5.82 Å². The standard InChI is InChI=1S/C7H12N4O2/c12-6-13-5-3-1-2-4-7-8-10-11-9-7/h6H,1-5H2,(H,8,9,10,11). The van der Waals surface area contributed by atoms with Crippen LogP contribution >= 0.6 is 0 Å². The molecule has 6 nitrogen and oxygen atoms in total. The van der Waals surface area contributed by atoms with Gasteiger partial charge in [0.1, 0.15) is 5.82 Å². The molecule has 1 rings (SSSR count). The van der Waals surface area contributed by atoms with E-state index in [0.29, 0.717) is 13.1 Å². The molecule has 0 fully saturated rings. The van der Waals surface area contributed by atoms with Gasteiger partial charge in [0.15, 0.2) is 0 Å². The van der Waals surface area contributed by atoms with Crippen LogP contribution in [-0.4, -0.2) is 33.7 Å². The fourth-order valence-corrected chi connectivity index (χ4v) is 0.987. The zero-order valence-electron chi connectivity index (χ0n) is 7.27. The maximum atomic E-state index is 9.77. The molecule has 0 bridgehead atoms. The molecule has 0 saturated heterocycles. The summed E-state index contributed by atoms with van der Waals surface area (Å²) < 4.78 is 4.54. The molecule has 6 heteroatoms. The number of nitrogens with one attached hydrogen (secondary N) is 1. The Balaban J connectivity index is 1.93. The number of hydrogen-bond acceptors (Lipinski definition) is 5. The van der Waals surface area contributed by atoms with Crippen molar-refractivity contribution in [1.29, 1.82) is 0 Å². The van der Waals surface area contributed by atoms with E-state index in [9.17, 15) is 4.79 Å². The second-order valence-corrected chi connectivity index (χ2v) is 2.63. The second-order valence-electron chi connectivity index (χ2n) is 2.63. The second kappa shape index (κ2) is 6.10. The lowest BCUT2D eigenvalue weighted by Gasteiger charge is -1.97. The van der Waals surface area contributed by atoms with Crippen LogP contribution in [0.4, 0.5) is 0 Å². The molecule has 0 radical (unpaired) electrons. The summed E-state index contributed by atoms with van der Waals surface area (Å²) in [6.07, 6.45) is 3.74. The molecule has 1 aromatic rings. The van der Waals surface area contributed by atoms with Crippen LogP contribution in [0.15, 0.2) is 0 Å². The van der Waals surface area contributed by atoms with E-state index in [4.69, 9.17) is 0 Å². The van der Waals surface area contributed by atoms with Gasteiger partial charge in [0.2, 0.25) is 0 Å². The van der Waals surface area contributed by atoms with E-state index >= 15 is 0 Å². The van der Waals surface area contributed by atoms with Gasteiger partial charge >= 0.3 is 0 Å². The van der Waals surface area contributed by atoms with E-state index in [1.807, 2.05) is 0 Å². The van der Waals surface area contributed by atoms with Crippen LogP contribution in [0, 0.1) is 0 Å². The normalized spacial score (nSPS) is 9.85. The Morgan fingerprint density at radius 1 is 1.38 bits per heavy atom. The Hall–Kier alpha value is -1.46. The van der Waals surface area contributed by atoms with Crippen LogP contribution in [0.2, 0.25) is 0 Å². The molecule has 0 saturated carbocycles. The summed E-state index contributed by atoms with van der Waals surface area (Å²) in [4.78, 5) is 9.77. The summed E-state index contributed by atoms with van der Waals surface area (Å²) in [7, 11) is 0. The molecule has 1 N–H and O–H groups in total. The number of carbonyl (C=O) groups is 1. The third kappa shape index (κ3) is 4.19. The largest absolute Gasteiger partial charge is 0.468 e. The van der Waals surface area contributed by atoms with Crippen molar-refractivity contribution in [2.45, 2.75) is 25.7 Å². The van der Waals surface area contributed by atoms with Gasteiger partial charge in [-0.25, -0.2) is 5.10 Å². The fraction of sp³-hybridized carbons (Fsp3) is 0.714. The first-order valence-electron chi connectivity index (χ1n) is 4.21. The van der Waals surface area contributed by atoms with E-state index in [0.717, 1.165) is 31.5 Å². The molecule has 1 heterocycles. The highest BCUT2D eigenvalue weighted by atomic mass is 16.5. The number of hydrogen-bond donors (Lipinski definition) is 1. The molecule has 1 aromatic heterocycles. The molecular formula is C7H12N4O2. The Bertz CT molecular complexity index is 224. The molecule has 0 aliphatic carbocycles. The number of aromatic nitrogens is 4. The van der Waals surface area contributed by atoms with Crippen LogP contribution in [0.5, 0.6) is 0 Å². The number of ether oxygens (including phenoxy) is 1. The Kier molecular flexibility index (Phi) is 4.52. The lowest BCUT2D eigenvalue weighted by atomic mass is 10.2. The van der Waals surface area contributed by atoms with Crippen molar-refractivity contribution in [1.82, 2.24) is 20.6 Å². The predicted molar refractivity (Wildman–Crippen MR) is 43.7 cm³/mol. The minimum absolute atomic E-state index is 0.473. The third-order valence-electron chi connectivity index (χ3n) is 1.63. The number of aromatic amines is 1. The molecule has 0 amide bonds. The van der Waals surface area contributed by atoms with Gasteiger partial charge in [-0.1, -0.05) is 0 Å². The van der Waals surface area contributed by atoms with E-state index in [-0.39, 0.29) is 0 Å². The van der Waals surface area contributed by atoms with Gasteiger partial charge in [0, 0.05) is 6.42 Å². The van der Waals surface area contributed by atoms with Crippen LogP contribution in [0.3, 0.4) is 0 Å². The number of H-pyrrole nitrogens is 1. The van der Waals surface area contributed by atoms with Crippen molar-refractivity contribution in [3.63, 3.8) is 0 Å². The number of unbranched alkanes of at least 4 members (excludes halogenated alkanes) is 2. The summed E-state index contributed by atoms with van der Waals surface area (Å²) in [6.45, 7) is 0.971. The van der Waals surface area contributed by atoms with E-state index in [1.165, 1.54) is 0 Å². The van der Waals surface area contributed by atoms with Crippen LogP contribution in [-0.2, 0) is 16.0 Å². The zero-order chi connectivity index (χ0) is 9.36.